The minimum Gasteiger partial charge on any atom is -0.743 e. The maximum Gasteiger partial charge on any atom is 0.400 e. The molecule has 1 aliphatic carbocycles. The SMILES string of the molecule is CC(F)(C(F)(F)C(F)(F)S(=O)(=O)[O-])S(=O)(=O)N1CCC2CCCCC2C1. The molecule has 0 aromatic carbocycles. The van der Waals surface area contributed by atoms with Crippen molar-refractivity contribution in [2.75, 3.05) is 13.1 Å². The summed E-state index contributed by atoms with van der Waals surface area (Å²) in [6.07, 6.45) is 3.39. The Morgan fingerprint density at radius 1 is 0.923 bits per heavy atom. The summed E-state index contributed by atoms with van der Waals surface area (Å²) in [6, 6.07) is 0. The van der Waals surface area contributed by atoms with Gasteiger partial charge in [0, 0.05) is 13.1 Å². The number of fused-ring (bicyclic) bond motifs is 1. The van der Waals surface area contributed by atoms with Crippen molar-refractivity contribution in [3.8, 4) is 0 Å². The van der Waals surface area contributed by atoms with Crippen LogP contribution >= 0.6 is 0 Å². The minimum absolute atomic E-state index is 0.144. The Morgan fingerprint density at radius 2 is 1.42 bits per heavy atom. The zero-order chi connectivity index (χ0) is 20.2. The Kier molecular flexibility index (Phi) is 5.46. The fourth-order valence-corrected chi connectivity index (χ4v) is 5.85. The van der Waals surface area contributed by atoms with Crippen LogP contribution in [0.1, 0.15) is 39.0 Å². The van der Waals surface area contributed by atoms with Gasteiger partial charge in [-0.25, -0.2) is 21.2 Å². The number of rotatable bonds is 5. The highest BCUT2D eigenvalue weighted by molar-refractivity contribution is 7.90. The highest BCUT2D eigenvalue weighted by Crippen LogP contribution is 2.51. The van der Waals surface area contributed by atoms with E-state index in [2.05, 4.69) is 0 Å². The second kappa shape index (κ2) is 6.52. The summed E-state index contributed by atoms with van der Waals surface area (Å²) < 4.78 is 126. The van der Waals surface area contributed by atoms with E-state index in [1.807, 2.05) is 0 Å². The molecule has 0 spiro atoms. The number of hydrogen-bond acceptors (Lipinski definition) is 5. The molecular weight excluding hydrogens is 409 g/mol. The molecule has 154 valence electrons. The molecule has 6 nitrogen and oxygen atoms in total. The zero-order valence-electron chi connectivity index (χ0n) is 13.8. The first-order valence-corrected chi connectivity index (χ1v) is 10.8. The predicted octanol–water partition coefficient (Wildman–Crippen LogP) is 2.29. The van der Waals surface area contributed by atoms with E-state index in [-0.39, 0.29) is 38.3 Å². The van der Waals surface area contributed by atoms with Gasteiger partial charge in [0.15, 0.2) is 10.1 Å². The molecule has 0 aromatic rings. The maximum absolute atomic E-state index is 14.6. The summed E-state index contributed by atoms with van der Waals surface area (Å²) in [7, 11) is -12.7. The van der Waals surface area contributed by atoms with Gasteiger partial charge in [0.1, 0.15) is 0 Å². The summed E-state index contributed by atoms with van der Waals surface area (Å²) >= 11 is 0. The van der Waals surface area contributed by atoms with Crippen molar-refractivity contribution in [2.45, 2.75) is 55.2 Å². The van der Waals surface area contributed by atoms with Crippen LogP contribution in [0.2, 0.25) is 0 Å². The van der Waals surface area contributed by atoms with Crippen molar-refractivity contribution < 1.29 is 43.3 Å². The third kappa shape index (κ3) is 3.14. The van der Waals surface area contributed by atoms with Gasteiger partial charge >= 0.3 is 11.2 Å². The number of sulfonamides is 1. The molecule has 0 radical (unpaired) electrons. The van der Waals surface area contributed by atoms with E-state index in [4.69, 9.17) is 0 Å². The first-order valence-electron chi connectivity index (χ1n) is 7.97. The molecule has 1 heterocycles. The fourth-order valence-electron chi connectivity index (χ4n) is 3.61. The van der Waals surface area contributed by atoms with E-state index in [0.29, 0.717) is 10.7 Å². The number of piperidine rings is 1. The summed E-state index contributed by atoms with van der Waals surface area (Å²) in [6.45, 7) is -0.985. The van der Waals surface area contributed by atoms with Crippen LogP contribution in [-0.2, 0) is 20.1 Å². The van der Waals surface area contributed by atoms with Crippen molar-refractivity contribution >= 4 is 20.1 Å². The van der Waals surface area contributed by atoms with Crippen LogP contribution in [0.3, 0.4) is 0 Å². The van der Waals surface area contributed by atoms with Crippen LogP contribution in [0.4, 0.5) is 22.0 Å². The van der Waals surface area contributed by atoms with E-state index >= 15 is 0 Å². The lowest BCUT2D eigenvalue weighted by molar-refractivity contribution is -0.207. The summed E-state index contributed by atoms with van der Waals surface area (Å²) in [5, 5.41) is -11.4. The van der Waals surface area contributed by atoms with Crippen LogP contribution in [-0.4, -0.2) is 55.0 Å². The Hall–Kier alpha value is -0.530. The molecule has 26 heavy (non-hydrogen) atoms. The van der Waals surface area contributed by atoms with Crippen LogP contribution in [0.15, 0.2) is 0 Å². The highest BCUT2D eigenvalue weighted by atomic mass is 32.2. The van der Waals surface area contributed by atoms with Gasteiger partial charge in [0.2, 0.25) is 0 Å². The Balaban J connectivity index is 2.37. The lowest BCUT2D eigenvalue weighted by atomic mass is 9.76. The van der Waals surface area contributed by atoms with E-state index in [9.17, 15) is 43.3 Å². The van der Waals surface area contributed by atoms with Gasteiger partial charge in [-0.15, -0.1) is 0 Å². The number of alkyl halides is 5. The Labute approximate surface area is 148 Å². The van der Waals surface area contributed by atoms with Crippen LogP contribution < -0.4 is 0 Å². The summed E-state index contributed by atoms with van der Waals surface area (Å²) in [4.78, 5) is 0. The predicted molar refractivity (Wildman–Crippen MR) is 79.7 cm³/mol. The molecular formula is C13H19F5NO5S2-. The average Bonchev–Trinajstić information content (AvgIpc) is 2.52. The molecule has 3 unspecified atom stereocenters. The van der Waals surface area contributed by atoms with Crippen LogP contribution in [0.5, 0.6) is 0 Å². The van der Waals surface area contributed by atoms with Gasteiger partial charge in [0.25, 0.3) is 15.0 Å². The van der Waals surface area contributed by atoms with E-state index in [1.165, 1.54) is 0 Å². The van der Waals surface area contributed by atoms with Crippen molar-refractivity contribution in [1.29, 1.82) is 0 Å². The van der Waals surface area contributed by atoms with E-state index in [1.54, 1.807) is 0 Å². The average molecular weight is 428 g/mol. The van der Waals surface area contributed by atoms with Crippen LogP contribution in [0.25, 0.3) is 0 Å². The van der Waals surface area contributed by atoms with Crippen molar-refractivity contribution in [3.63, 3.8) is 0 Å². The van der Waals surface area contributed by atoms with Gasteiger partial charge in [0.05, 0.1) is 0 Å². The molecule has 3 atom stereocenters. The molecule has 1 aliphatic heterocycles. The normalized spacial score (nSPS) is 29.0. The first kappa shape index (κ1) is 21.8. The number of halogens is 5. The van der Waals surface area contributed by atoms with Gasteiger partial charge in [-0.05, 0) is 31.6 Å². The number of nitrogens with zero attached hydrogens (tertiary/aromatic N) is 1. The van der Waals surface area contributed by atoms with Gasteiger partial charge in [-0.3, -0.25) is 0 Å². The summed E-state index contributed by atoms with van der Waals surface area (Å²) in [5.41, 5.74) is 0. The molecule has 2 aliphatic rings. The number of hydrogen-bond donors (Lipinski definition) is 0. The lowest BCUT2D eigenvalue weighted by Crippen LogP contribution is -2.64. The largest absolute Gasteiger partial charge is 0.743 e. The van der Waals surface area contributed by atoms with Crippen molar-refractivity contribution in [3.05, 3.63) is 0 Å². The molecule has 0 N–H and O–H groups in total. The van der Waals surface area contributed by atoms with E-state index < -0.39 is 36.3 Å². The third-order valence-corrected chi connectivity index (χ3v) is 8.44. The smallest absolute Gasteiger partial charge is 0.400 e. The van der Waals surface area contributed by atoms with Gasteiger partial charge < -0.3 is 4.55 Å². The summed E-state index contributed by atoms with van der Waals surface area (Å²) in [5.74, 6) is -6.34. The molecule has 0 aromatic heterocycles. The minimum atomic E-state index is -7.01. The molecule has 13 heteroatoms. The van der Waals surface area contributed by atoms with Crippen molar-refractivity contribution in [1.82, 2.24) is 4.31 Å². The second-order valence-corrected chi connectivity index (χ2v) is 10.6. The monoisotopic (exact) mass is 428 g/mol. The molecule has 0 amide bonds. The standard InChI is InChI=1S/C13H20F5NO5S2/c1-11(14,12(15,16)13(17,18)26(22,23)24)25(20,21)19-7-6-9-4-2-3-5-10(9)8-19/h9-10H,2-8H2,1H3,(H,22,23,24)/p-1. The van der Waals surface area contributed by atoms with Gasteiger partial charge in [-0.2, -0.15) is 21.9 Å². The fraction of sp³-hybridized carbons (Fsp3) is 1.00. The zero-order valence-corrected chi connectivity index (χ0v) is 15.4. The molecule has 2 rings (SSSR count). The molecule has 0 bridgehead atoms. The first-order chi connectivity index (χ1) is 11.6. The van der Waals surface area contributed by atoms with Gasteiger partial charge in [-0.1, -0.05) is 19.3 Å². The topological polar surface area (TPSA) is 94.6 Å². The highest BCUT2D eigenvalue weighted by Gasteiger charge is 2.77. The van der Waals surface area contributed by atoms with Crippen molar-refractivity contribution in [2.24, 2.45) is 11.8 Å². The Morgan fingerprint density at radius 3 is 1.92 bits per heavy atom. The molecule has 1 saturated heterocycles. The third-order valence-electron chi connectivity index (χ3n) is 5.32. The quantitative estimate of drug-likeness (QED) is 0.495. The molecule has 2 fully saturated rings. The maximum atomic E-state index is 14.6. The second-order valence-electron chi connectivity index (χ2n) is 6.92. The Bertz CT molecular complexity index is 753. The lowest BCUT2D eigenvalue weighted by Gasteiger charge is -2.44. The van der Waals surface area contributed by atoms with E-state index in [0.717, 1.165) is 19.3 Å². The van der Waals surface area contributed by atoms with Crippen LogP contribution in [0, 0.1) is 11.8 Å². The molecule has 1 saturated carbocycles.